The molecule has 4 aliphatic rings. The number of esters is 2. The molecule has 5 heteroatoms. The zero-order valence-corrected chi connectivity index (χ0v) is 20.8. The summed E-state index contributed by atoms with van der Waals surface area (Å²) in [7, 11) is 1.48. The Hall–Kier alpha value is -1.10. The third-order valence-corrected chi connectivity index (χ3v) is 10.8. The molecule has 0 saturated heterocycles. The normalized spacial score (nSPS) is 46.4. The van der Waals surface area contributed by atoms with Crippen LogP contribution in [-0.2, 0) is 19.1 Å². The summed E-state index contributed by atoms with van der Waals surface area (Å²) in [5, 5.41) is 11.3. The second-order valence-electron chi connectivity index (χ2n) is 12.1. The summed E-state index contributed by atoms with van der Waals surface area (Å²) in [6.07, 6.45) is 9.82. The molecule has 4 rings (SSSR count). The van der Waals surface area contributed by atoms with Crippen LogP contribution < -0.4 is 0 Å². The van der Waals surface area contributed by atoms with Gasteiger partial charge in [0.15, 0.2) is 0 Å². The minimum atomic E-state index is -0.294. The molecule has 4 saturated carbocycles. The number of hydrogen-bond donors (Lipinski definition) is 1. The minimum Gasteiger partial charge on any atom is -0.469 e. The van der Waals surface area contributed by atoms with Crippen molar-refractivity contribution in [3.8, 4) is 0 Å². The van der Waals surface area contributed by atoms with Gasteiger partial charge >= 0.3 is 11.9 Å². The van der Waals surface area contributed by atoms with Gasteiger partial charge in [0.1, 0.15) is 6.10 Å². The Morgan fingerprint density at radius 3 is 2.38 bits per heavy atom. The predicted molar refractivity (Wildman–Crippen MR) is 123 cm³/mol. The molecule has 5 nitrogen and oxygen atoms in total. The van der Waals surface area contributed by atoms with E-state index in [1.807, 2.05) is 0 Å². The molecule has 0 aromatic heterocycles. The molecule has 0 aromatic carbocycles. The quantitative estimate of drug-likeness (QED) is 0.590. The maximum Gasteiger partial charge on any atom is 0.305 e. The fourth-order valence-electron chi connectivity index (χ4n) is 9.23. The smallest absolute Gasteiger partial charge is 0.305 e. The Bertz CT molecular complexity index is 721. The molecule has 10 atom stereocenters. The first-order chi connectivity index (χ1) is 15.1. The van der Waals surface area contributed by atoms with Crippen molar-refractivity contribution < 1.29 is 24.2 Å². The van der Waals surface area contributed by atoms with Crippen LogP contribution in [0.3, 0.4) is 0 Å². The molecule has 5 unspecified atom stereocenters. The highest BCUT2D eigenvalue weighted by Crippen LogP contribution is 2.68. The van der Waals surface area contributed by atoms with Crippen molar-refractivity contribution in [3.63, 3.8) is 0 Å². The van der Waals surface area contributed by atoms with E-state index >= 15 is 0 Å². The molecule has 0 radical (unpaired) electrons. The van der Waals surface area contributed by atoms with Gasteiger partial charge in [-0.15, -0.1) is 0 Å². The molecule has 0 amide bonds. The first-order valence-electron chi connectivity index (χ1n) is 13.0. The zero-order valence-electron chi connectivity index (χ0n) is 20.8. The van der Waals surface area contributed by atoms with E-state index in [1.165, 1.54) is 39.7 Å². The number of aliphatic hydroxyl groups is 1. The number of hydrogen-bond acceptors (Lipinski definition) is 5. The molecule has 32 heavy (non-hydrogen) atoms. The average Bonchev–Trinajstić information content (AvgIpc) is 3.10. The SMILES string of the molecule is COC(=O)CC[C@@H](C)C1CCC2C3C[C@H](O)C4C[C@H](OC(C)=O)CC[C@]4(C)C3CC[C@@]21C. The topological polar surface area (TPSA) is 72.8 Å². The number of carbonyl (C=O) groups is 2. The fourth-order valence-corrected chi connectivity index (χ4v) is 9.23. The molecule has 0 aliphatic heterocycles. The summed E-state index contributed by atoms with van der Waals surface area (Å²) < 4.78 is 10.4. The van der Waals surface area contributed by atoms with Crippen LogP contribution in [0.5, 0.6) is 0 Å². The molecule has 4 fully saturated rings. The Morgan fingerprint density at radius 2 is 1.69 bits per heavy atom. The first-order valence-corrected chi connectivity index (χ1v) is 13.0. The standard InChI is InChI=1S/C27H44O5/c1-16(6-9-25(30)31-5)20-7-8-21-19-15-24(29)23-14-18(32-17(2)28)10-12-27(23,4)22(19)11-13-26(20,21)3/h16,18-24,29H,6-15H2,1-5H3/t16-,18-,19?,20?,21?,22?,23?,24+,26-,27-/m1/s1. The van der Waals surface area contributed by atoms with Crippen molar-refractivity contribution in [2.45, 2.75) is 104 Å². The number of ether oxygens (including phenoxy) is 2. The maximum absolute atomic E-state index is 11.7. The van der Waals surface area contributed by atoms with Gasteiger partial charge in [0, 0.05) is 13.3 Å². The lowest BCUT2D eigenvalue weighted by atomic mass is 9.43. The van der Waals surface area contributed by atoms with Crippen molar-refractivity contribution in [1.29, 1.82) is 0 Å². The Kier molecular flexibility index (Phi) is 6.70. The lowest BCUT2D eigenvalue weighted by Crippen LogP contribution is -2.58. The molecule has 182 valence electrons. The van der Waals surface area contributed by atoms with Crippen molar-refractivity contribution in [1.82, 2.24) is 0 Å². The number of aliphatic hydroxyl groups excluding tert-OH is 1. The molecule has 4 aliphatic carbocycles. The summed E-state index contributed by atoms with van der Waals surface area (Å²) in [5.74, 6) is 3.04. The third-order valence-electron chi connectivity index (χ3n) is 10.8. The Labute approximate surface area is 194 Å². The highest BCUT2D eigenvalue weighted by Gasteiger charge is 2.62. The molecular weight excluding hydrogens is 404 g/mol. The van der Waals surface area contributed by atoms with Crippen LogP contribution in [0.1, 0.15) is 91.9 Å². The zero-order chi connectivity index (χ0) is 23.3. The third kappa shape index (κ3) is 4.01. The highest BCUT2D eigenvalue weighted by atomic mass is 16.5. The van der Waals surface area contributed by atoms with Gasteiger partial charge < -0.3 is 14.6 Å². The van der Waals surface area contributed by atoms with Crippen LogP contribution in [0.15, 0.2) is 0 Å². The van der Waals surface area contributed by atoms with E-state index in [9.17, 15) is 14.7 Å². The van der Waals surface area contributed by atoms with Crippen LogP contribution in [-0.4, -0.2) is 36.4 Å². The Morgan fingerprint density at radius 1 is 1.00 bits per heavy atom. The lowest BCUT2D eigenvalue weighted by molar-refractivity contribution is -0.182. The largest absolute Gasteiger partial charge is 0.469 e. The van der Waals surface area contributed by atoms with Gasteiger partial charge in [-0.25, -0.2) is 0 Å². The molecule has 0 bridgehead atoms. The van der Waals surface area contributed by atoms with E-state index < -0.39 is 0 Å². The summed E-state index contributed by atoms with van der Waals surface area (Å²) in [5.41, 5.74) is 0.462. The van der Waals surface area contributed by atoms with Gasteiger partial charge in [-0.3, -0.25) is 9.59 Å². The number of carbonyl (C=O) groups excluding carboxylic acids is 2. The summed E-state index contributed by atoms with van der Waals surface area (Å²) in [6, 6.07) is 0. The van der Waals surface area contributed by atoms with Crippen LogP contribution >= 0.6 is 0 Å². The summed E-state index contributed by atoms with van der Waals surface area (Å²) in [6.45, 7) is 8.76. The van der Waals surface area contributed by atoms with Crippen LogP contribution in [0.25, 0.3) is 0 Å². The van der Waals surface area contributed by atoms with E-state index in [-0.39, 0.29) is 35.5 Å². The lowest BCUT2D eigenvalue weighted by Gasteiger charge is -2.62. The van der Waals surface area contributed by atoms with E-state index in [2.05, 4.69) is 20.8 Å². The van der Waals surface area contributed by atoms with E-state index in [0.29, 0.717) is 41.4 Å². The highest BCUT2D eigenvalue weighted by molar-refractivity contribution is 5.69. The molecule has 0 aromatic rings. The predicted octanol–water partition coefficient (Wildman–Crippen LogP) is 5.14. The van der Waals surface area contributed by atoms with E-state index in [1.54, 1.807) is 0 Å². The molecule has 0 heterocycles. The molecule has 0 spiro atoms. The number of fused-ring (bicyclic) bond motifs is 5. The monoisotopic (exact) mass is 448 g/mol. The first kappa shape index (κ1) is 24.0. The van der Waals surface area contributed by atoms with E-state index in [0.717, 1.165) is 32.1 Å². The molecule has 1 N–H and O–H groups in total. The fraction of sp³-hybridized carbons (Fsp3) is 0.926. The van der Waals surface area contributed by atoms with Crippen molar-refractivity contribution in [2.75, 3.05) is 7.11 Å². The second kappa shape index (κ2) is 8.92. The molecular formula is C27H44O5. The van der Waals surface area contributed by atoms with Gasteiger partial charge in [-0.1, -0.05) is 20.8 Å². The van der Waals surface area contributed by atoms with Crippen LogP contribution in [0.4, 0.5) is 0 Å². The van der Waals surface area contributed by atoms with Crippen LogP contribution in [0, 0.1) is 46.3 Å². The number of rotatable bonds is 5. The van der Waals surface area contributed by atoms with Crippen molar-refractivity contribution in [3.05, 3.63) is 0 Å². The van der Waals surface area contributed by atoms with Gasteiger partial charge in [-0.2, -0.15) is 0 Å². The van der Waals surface area contributed by atoms with Gasteiger partial charge in [0.05, 0.1) is 13.2 Å². The second-order valence-corrected chi connectivity index (χ2v) is 12.1. The number of methoxy groups -OCH3 is 1. The summed E-state index contributed by atoms with van der Waals surface area (Å²) in [4.78, 5) is 23.2. The van der Waals surface area contributed by atoms with E-state index in [4.69, 9.17) is 9.47 Å². The van der Waals surface area contributed by atoms with Gasteiger partial charge in [-0.05, 0) is 104 Å². The van der Waals surface area contributed by atoms with Crippen molar-refractivity contribution >= 4 is 11.9 Å². The summed E-state index contributed by atoms with van der Waals surface area (Å²) >= 11 is 0. The Balaban J connectivity index is 1.49. The maximum atomic E-state index is 11.7. The average molecular weight is 449 g/mol. The van der Waals surface area contributed by atoms with Gasteiger partial charge in [0.25, 0.3) is 0 Å². The van der Waals surface area contributed by atoms with Gasteiger partial charge in [0.2, 0.25) is 0 Å². The van der Waals surface area contributed by atoms with Crippen LogP contribution in [0.2, 0.25) is 0 Å². The van der Waals surface area contributed by atoms with Crippen molar-refractivity contribution in [2.24, 2.45) is 46.3 Å². The minimum absolute atomic E-state index is 0.0304.